The molecule has 1 fully saturated rings. The van der Waals surface area contributed by atoms with Crippen LogP contribution in [0.2, 0.25) is 0 Å². The maximum atomic E-state index is 11.9. The molecule has 1 aliphatic rings. The van der Waals surface area contributed by atoms with Gasteiger partial charge in [0.25, 0.3) is 0 Å². The fraction of sp³-hybridized carbons (Fsp3) is 0.500. The van der Waals surface area contributed by atoms with Crippen molar-refractivity contribution >= 4 is 5.97 Å². The van der Waals surface area contributed by atoms with E-state index in [1.54, 1.807) is 31.4 Å². The van der Waals surface area contributed by atoms with Gasteiger partial charge in [0.15, 0.2) is 6.10 Å². The highest BCUT2D eigenvalue weighted by atomic mass is 17.2. The normalized spacial score (nSPS) is 23.4. The van der Waals surface area contributed by atoms with E-state index in [0.717, 1.165) is 25.4 Å². The van der Waals surface area contributed by atoms with Crippen molar-refractivity contribution in [1.82, 2.24) is 0 Å². The van der Waals surface area contributed by atoms with E-state index in [9.17, 15) is 4.79 Å². The average Bonchev–Trinajstić information content (AvgIpc) is 2.46. The molecule has 20 heavy (non-hydrogen) atoms. The van der Waals surface area contributed by atoms with Crippen molar-refractivity contribution in [3.05, 3.63) is 35.9 Å². The Morgan fingerprint density at radius 1 is 1.20 bits per heavy atom. The number of carbonyl (C=O) groups excluding carboxylic acids is 1. The predicted molar refractivity (Wildman–Crippen MR) is 74.9 cm³/mol. The van der Waals surface area contributed by atoms with Gasteiger partial charge < -0.3 is 4.74 Å². The van der Waals surface area contributed by atoms with Crippen LogP contribution in [0.4, 0.5) is 0 Å². The smallest absolute Gasteiger partial charge is 0.373 e. The highest BCUT2D eigenvalue weighted by molar-refractivity contribution is 5.89. The molecule has 0 bridgehead atoms. The van der Waals surface area contributed by atoms with Gasteiger partial charge >= 0.3 is 5.97 Å². The fourth-order valence-electron chi connectivity index (χ4n) is 2.48. The van der Waals surface area contributed by atoms with Crippen molar-refractivity contribution in [2.24, 2.45) is 11.8 Å². The molecule has 0 saturated heterocycles. The Morgan fingerprint density at radius 2 is 1.90 bits per heavy atom. The van der Waals surface area contributed by atoms with Gasteiger partial charge in [-0.3, -0.25) is 4.89 Å². The van der Waals surface area contributed by atoms with Crippen molar-refractivity contribution in [1.29, 1.82) is 0 Å². The molecular weight excluding hydrogens is 256 g/mol. The van der Waals surface area contributed by atoms with E-state index in [1.165, 1.54) is 0 Å². The number of hydrogen-bond donors (Lipinski definition) is 0. The van der Waals surface area contributed by atoms with Crippen LogP contribution < -0.4 is 4.74 Å². The molecule has 4 heteroatoms. The summed E-state index contributed by atoms with van der Waals surface area (Å²) in [5.41, 5.74) is 0.447. The first-order valence-electron chi connectivity index (χ1n) is 6.98. The predicted octanol–water partition coefficient (Wildman–Crippen LogP) is 3.77. The molecule has 1 aromatic rings. The Kier molecular flexibility index (Phi) is 5.01. The molecule has 2 rings (SSSR count). The van der Waals surface area contributed by atoms with Crippen LogP contribution in [0.25, 0.3) is 0 Å². The highest BCUT2D eigenvalue weighted by Gasteiger charge is 2.29. The van der Waals surface area contributed by atoms with Crippen LogP contribution in [0.1, 0.15) is 43.5 Å². The van der Waals surface area contributed by atoms with Crippen LogP contribution in [-0.4, -0.2) is 13.1 Å². The van der Waals surface area contributed by atoms with E-state index in [4.69, 9.17) is 14.5 Å². The molecule has 1 saturated carbocycles. The van der Waals surface area contributed by atoms with Crippen LogP contribution in [-0.2, 0) is 9.78 Å². The Balaban J connectivity index is 1.85. The lowest BCUT2D eigenvalue weighted by Crippen LogP contribution is -2.23. The molecule has 1 aromatic carbocycles. The average molecular weight is 277 g/mol. The zero-order valence-electron chi connectivity index (χ0n) is 12.2. The summed E-state index contributed by atoms with van der Waals surface area (Å²) in [6, 6.07) is 6.74. The fourth-order valence-corrected chi connectivity index (χ4v) is 2.48. The summed E-state index contributed by atoms with van der Waals surface area (Å²) in [5.74, 6) is 1.26. The number of carbonyl (C=O) groups is 1. The molecule has 1 radical (unpaired) electrons. The summed E-state index contributed by atoms with van der Waals surface area (Å²) in [4.78, 5) is 22.0. The summed E-state index contributed by atoms with van der Waals surface area (Å²) in [6.07, 6.45) is 3.89. The Bertz CT molecular complexity index is 440. The maximum Gasteiger partial charge on any atom is 0.373 e. The van der Waals surface area contributed by atoms with Gasteiger partial charge in [0.2, 0.25) is 0 Å². The molecule has 2 atom stereocenters. The van der Waals surface area contributed by atoms with E-state index in [1.807, 2.05) is 0 Å². The van der Waals surface area contributed by atoms with Gasteiger partial charge in [-0.1, -0.05) is 13.8 Å². The molecule has 0 aliphatic heterocycles. The topological polar surface area (TPSA) is 44.8 Å². The van der Waals surface area contributed by atoms with Crippen molar-refractivity contribution in [2.45, 2.75) is 33.1 Å². The summed E-state index contributed by atoms with van der Waals surface area (Å²) >= 11 is 0. The largest absolute Gasteiger partial charge is 0.497 e. The maximum absolute atomic E-state index is 11.9. The third-order valence-electron chi connectivity index (χ3n) is 3.74. The van der Waals surface area contributed by atoms with E-state index < -0.39 is 5.97 Å². The number of hydrogen-bond acceptors (Lipinski definition) is 4. The van der Waals surface area contributed by atoms with E-state index in [0.29, 0.717) is 23.1 Å². The third-order valence-corrected chi connectivity index (χ3v) is 3.74. The second kappa shape index (κ2) is 6.75. The number of rotatable bonds is 4. The first kappa shape index (κ1) is 14.9. The first-order chi connectivity index (χ1) is 9.60. The summed E-state index contributed by atoms with van der Waals surface area (Å²) in [6.45, 7) is 4.34. The highest BCUT2D eigenvalue weighted by Crippen LogP contribution is 2.35. The van der Waals surface area contributed by atoms with Gasteiger partial charge in [0, 0.05) is 0 Å². The van der Waals surface area contributed by atoms with E-state index in [2.05, 4.69) is 13.8 Å². The van der Waals surface area contributed by atoms with Crippen LogP contribution in [0.15, 0.2) is 24.3 Å². The van der Waals surface area contributed by atoms with Gasteiger partial charge in [0.05, 0.1) is 12.7 Å². The third kappa shape index (κ3) is 3.73. The standard InChI is InChI=1S/C16H21O4/c1-11-4-9-15(12(2)10-11)19-20-16(17)13-5-7-14(18-3)8-6-13/h5-8,11-12H,4,9-10H2,1-3H3. The Morgan fingerprint density at radius 3 is 2.50 bits per heavy atom. The molecule has 2 unspecified atom stereocenters. The summed E-state index contributed by atoms with van der Waals surface area (Å²) in [7, 11) is 1.58. The molecule has 0 heterocycles. The van der Waals surface area contributed by atoms with Crippen LogP contribution in [0, 0.1) is 17.9 Å². The van der Waals surface area contributed by atoms with Crippen molar-refractivity contribution in [3.8, 4) is 5.75 Å². The van der Waals surface area contributed by atoms with Gasteiger partial charge in [-0.05, 0) is 55.4 Å². The molecule has 1 aliphatic carbocycles. The second-order valence-electron chi connectivity index (χ2n) is 5.43. The molecular formula is C16H21O4. The lowest BCUT2D eigenvalue weighted by atomic mass is 9.81. The van der Waals surface area contributed by atoms with Crippen LogP contribution in [0.3, 0.4) is 0 Å². The van der Waals surface area contributed by atoms with Crippen LogP contribution in [0.5, 0.6) is 5.75 Å². The SMILES string of the molecule is COc1ccc(C(=O)OO[C]2CCC(C)CC2C)cc1. The second-order valence-corrected chi connectivity index (χ2v) is 5.43. The van der Waals surface area contributed by atoms with Gasteiger partial charge in [-0.25, -0.2) is 4.79 Å². The van der Waals surface area contributed by atoms with E-state index in [-0.39, 0.29) is 0 Å². The molecule has 0 aromatic heterocycles. The molecule has 4 nitrogen and oxygen atoms in total. The molecule has 0 amide bonds. The first-order valence-corrected chi connectivity index (χ1v) is 6.98. The lowest BCUT2D eigenvalue weighted by molar-refractivity contribution is -0.247. The summed E-state index contributed by atoms with van der Waals surface area (Å²) < 4.78 is 5.04. The van der Waals surface area contributed by atoms with Crippen molar-refractivity contribution in [3.63, 3.8) is 0 Å². The zero-order chi connectivity index (χ0) is 14.5. The summed E-state index contributed by atoms with van der Waals surface area (Å²) in [5, 5.41) is 0. The van der Waals surface area contributed by atoms with Gasteiger partial charge in [-0.2, -0.15) is 4.89 Å². The Hall–Kier alpha value is -1.55. The van der Waals surface area contributed by atoms with Gasteiger partial charge in [0.1, 0.15) is 5.75 Å². The van der Waals surface area contributed by atoms with E-state index >= 15 is 0 Å². The van der Waals surface area contributed by atoms with Crippen molar-refractivity contribution < 1.29 is 19.3 Å². The monoisotopic (exact) mass is 277 g/mol. The molecule has 0 spiro atoms. The number of methoxy groups -OCH3 is 1. The molecule has 109 valence electrons. The van der Waals surface area contributed by atoms with Crippen molar-refractivity contribution in [2.75, 3.05) is 7.11 Å². The quantitative estimate of drug-likeness (QED) is 0.620. The zero-order valence-corrected chi connectivity index (χ0v) is 12.2. The minimum Gasteiger partial charge on any atom is -0.497 e. The van der Waals surface area contributed by atoms with Gasteiger partial charge in [-0.15, -0.1) is 0 Å². The number of ether oxygens (including phenoxy) is 1. The minimum atomic E-state index is -0.481. The molecule has 0 N–H and O–H groups in total. The number of benzene rings is 1. The Labute approximate surface area is 120 Å². The van der Waals surface area contributed by atoms with Crippen LogP contribution >= 0.6 is 0 Å². The lowest BCUT2D eigenvalue weighted by Gasteiger charge is -2.29. The minimum absolute atomic E-state index is 0.336.